The number of carbonyl (C=O) groups excluding carboxylic acids is 1. The van der Waals surface area contributed by atoms with Gasteiger partial charge >= 0.3 is 0 Å². The van der Waals surface area contributed by atoms with Crippen LogP contribution in [0.4, 0.5) is 0 Å². The standard InChI is InChI=1S/C12H13NO2/c1-10-2-4-12(5-3-10)15-9-7-11(14)6-8-13/h2-5H,6-7,9H2,1H3. The van der Waals surface area contributed by atoms with Gasteiger partial charge in [-0.3, -0.25) is 4.79 Å². The van der Waals surface area contributed by atoms with Crippen LogP contribution in [-0.2, 0) is 4.79 Å². The van der Waals surface area contributed by atoms with Crippen LogP contribution < -0.4 is 4.74 Å². The molecule has 0 amide bonds. The van der Waals surface area contributed by atoms with E-state index in [0.717, 1.165) is 5.75 Å². The maximum Gasteiger partial charge on any atom is 0.150 e. The lowest BCUT2D eigenvalue weighted by Crippen LogP contribution is -2.05. The van der Waals surface area contributed by atoms with Crippen molar-refractivity contribution in [1.82, 2.24) is 0 Å². The Kier molecular flexibility index (Phi) is 4.36. The summed E-state index contributed by atoms with van der Waals surface area (Å²) in [6.45, 7) is 2.34. The topological polar surface area (TPSA) is 50.1 Å². The molecule has 0 aliphatic heterocycles. The minimum atomic E-state index is -0.0791. The Balaban J connectivity index is 2.29. The minimum Gasteiger partial charge on any atom is -0.493 e. The molecule has 0 heterocycles. The first kappa shape index (κ1) is 11.3. The molecule has 0 aliphatic rings. The maximum absolute atomic E-state index is 11.0. The molecule has 0 unspecified atom stereocenters. The average Bonchev–Trinajstić information content (AvgIpc) is 2.21. The van der Waals surface area contributed by atoms with Gasteiger partial charge < -0.3 is 4.74 Å². The molecule has 1 aromatic rings. The molecule has 15 heavy (non-hydrogen) atoms. The summed E-state index contributed by atoms with van der Waals surface area (Å²) < 4.78 is 5.35. The van der Waals surface area contributed by atoms with Crippen LogP contribution in [0.1, 0.15) is 18.4 Å². The Hall–Kier alpha value is -1.82. The van der Waals surface area contributed by atoms with Gasteiger partial charge in [-0.1, -0.05) is 17.7 Å². The van der Waals surface area contributed by atoms with E-state index in [1.54, 1.807) is 0 Å². The number of carbonyl (C=O) groups is 1. The van der Waals surface area contributed by atoms with Crippen LogP contribution in [0.3, 0.4) is 0 Å². The summed E-state index contributed by atoms with van der Waals surface area (Å²) >= 11 is 0. The molecule has 0 spiro atoms. The van der Waals surface area contributed by atoms with Crippen molar-refractivity contribution in [3.8, 4) is 11.8 Å². The highest BCUT2D eigenvalue weighted by Gasteiger charge is 2.00. The molecule has 78 valence electrons. The minimum absolute atomic E-state index is 0.0305. The molecule has 3 nitrogen and oxygen atoms in total. The molecular formula is C12H13NO2. The number of Topliss-reactive ketones (excluding diaryl/α,β-unsaturated/α-hetero) is 1. The van der Waals surface area contributed by atoms with E-state index < -0.39 is 0 Å². The van der Waals surface area contributed by atoms with Crippen molar-refractivity contribution in [1.29, 1.82) is 5.26 Å². The van der Waals surface area contributed by atoms with Crippen molar-refractivity contribution in [3.63, 3.8) is 0 Å². The summed E-state index contributed by atoms with van der Waals surface area (Å²) in [5.74, 6) is 0.676. The summed E-state index contributed by atoms with van der Waals surface area (Å²) in [4.78, 5) is 11.0. The van der Waals surface area contributed by atoms with Gasteiger partial charge in [0.15, 0.2) is 0 Å². The summed E-state index contributed by atoms with van der Waals surface area (Å²) in [6, 6.07) is 9.45. The maximum atomic E-state index is 11.0. The molecule has 0 aliphatic carbocycles. The van der Waals surface area contributed by atoms with Crippen LogP contribution in [0.2, 0.25) is 0 Å². The van der Waals surface area contributed by atoms with Crippen LogP contribution in [0.15, 0.2) is 24.3 Å². The first-order valence-corrected chi connectivity index (χ1v) is 4.80. The summed E-state index contributed by atoms with van der Waals surface area (Å²) in [7, 11) is 0. The van der Waals surface area contributed by atoms with Crippen molar-refractivity contribution in [2.75, 3.05) is 6.61 Å². The SMILES string of the molecule is Cc1ccc(OCCC(=O)CC#N)cc1. The van der Waals surface area contributed by atoms with E-state index in [1.807, 2.05) is 37.3 Å². The Morgan fingerprint density at radius 3 is 2.67 bits per heavy atom. The predicted molar refractivity (Wildman–Crippen MR) is 56.5 cm³/mol. The van der Waals surface area contributed by atoms with Crippen LogP contribution in [0, 0.1) is 18.3 Å². The Labute approximate surface area is 89.3 Å². The molecule has 0 atom stereocenters. The number of nitriles is 1. The molecule has 0 N–H and O–H groups in total. The van der Waals surface area contributed by atoms with Crippen molar-refractivity contribution in [3.05, 3.63) is 29.8 Å². The van der Waals surface area contributed by atoms with Crippen LogP contribution in [-0.4, -0.2) is 12.4 Å². The first-order chi connectivity index (χ1) is 7.22. The Morgan fingerprint density at radius 2 is 2.07 bits per heavy atom. The van der Waals surface area contributed by atoms with Gasteiger partial charge in [-0.2, -0.15) is 5.26 Å². The molecule has 0 aromatic heterocycles. The zero-order valence-electron chi connectivity index (χ0n) is 8.69. The summed E-state index contributed by atoms with van der Waals surface area (Å²) in [5, 5.41) is 8.27. The van der Waals surface area contributed by atoms with Gasteiger partial charge in [0.1, 0.15) is 11.5 Å². The number of nitrogens with zero attached hydrogens (tertiary/aromatic N) is 1. The van der Waals surface area contributed by atoms with Gasteiger partial charge in [0.2, 0.25) is 0 Å². The van der Waals surface area contributed by atoms with Crippen molar-refractivity contribution < 1.29 is 9.53 Å². The van der Waals surface area contributed by atoms with E-state index >= 15 is 0 Å². The fraction of sp³-hybridized carbons (Fsp3) is 0.333. The van der Waals surface area contributed by atoms with E-state index in [1.165, 1.54) is 5.56 Å². The van der Waals surface area contributed by atoms with Gasteiger partial charge in [-0.25, -0.2) is 0 Å². The molecule has 0 bridgehead atoms. The molecule has 0 saturated heterocycles. The van der Waals surface area contributed by atoms with E-state index in [0.29, 0.717) is 13.0 Å². The van der Waals surface area contributed by atoms with Crippen molar-refractivity contribution >= 4 is 5.78 Å². The largest absolute Gasteiger partial charge is 0.493 e. The van der Waals surface area contributed by atoms with E-state index in [2.05, 4.69) is 0 Å². The Bertz CT molecular complexity index is 362. The smallest absolute Gasteiger partial charge is 0.150 e. The number of aryl methyl sites for hydroxylation is 1. The molecule has 0 saturated carbocycles. The number of hydrogen-bond donors (Lipinski definition) is 0. The lowest BCUT2D eigenvalue weighted by Gasteiger charge is -2.04. The van der Waals surface area contributed by atoms with Gasteiger partial charge in [0, 0.05) is 6.42 Å². The van der Waals surface area contributed by atoms with E-state index in [9.17, 15) is 4.79 Å². The van der Waals surface area contributed by atoms with Crippen LogP contribution in [0.25, 0.3) is 0 Å². The highest BCUT2D eigenvalue weighted by atomic mass is 16.5. The third-order valence-corrected chi connectivity index (χ3v) is 1.95. The van der Waals surface area contributed by atoms with Crippen molar-refractivity contribution in [2.24, 2.45) is 0 Å². The van der Waals surface area contributed by atoms with Crippen molar-refractivity contribution in [2.45, 2.75) is 19.8 Å². The Morgan fingerprint density at radius 1 is 1.40 bits per heavy atom. The van der Waals surface area contributed by atoms with Crippen LogP contribution >= 0.6 is 0 Å². The second-order valence-corrected chi connectivity index (χ2v) is 3.29. The van der Waals surface area contributed by atoms with Gasteiger partial charge in [0.25, 0.3) is 0 Å². The fourth-order valence-corrected chi connectivity index (χ4v) is 1.09. The fourth-order valence-electron chi connectivity index (χ4n) is 1.09. The third kappa shape index (κ3) is 4.28. The van der Waals surface area contributed by atoms with Gasteiger partial charge in [-0.15, -0.1) is 0 Å². The second kappa shape index (κ2) is 5.82. The molecule has 1 rings (SSSR count). The van der Waals surface area contributed by atoms with E-state index in [-0.39, 0.29) is 12.2 Å². The number of hydrogen-bond acceptors (Lipinski definition) is 3. The second-order valence-electron chi connectivity index (χ2n) is 3.29. The molecular weight excluding hydrogens is 190 g/mol. The van der Waals surface area contributed by atoms with E-state index in [4.69, 9.17) is 10.00 Å². The average molecular weight is 203 g/mol. The zero-order valence-corrected chi connectivity index (χ0v) is 8.69. The monoisotopic (exact) mass is 203 g/mol. The quantitative estimate of drug-likeness (QED) is 0.737. The molecule has 3 heteroatoms. The normalized spacial score (nSPS) is 9.33. The highest BCUT2D eigenvalue weighted by molar-refractivity contribution is 5.80. The summed E-state index contributed by atoms with van der Waals surface area (Å²) in [6.07, 6.45) is 0.263. The zero-order chi connectivity index (χ0) is 11.1. The molecule has 0 fully saturated rings. The van der Waals surface area contributed by atoms with Crippen LogP contribution in [0.5, 0.6) is 5.75 Å². The molecule has 1 aromatic carbocycles. The third-order valence-electron chi connectivity index (χ3n) is 1.95. The number of rotatable bonds is 5. The lowest BCUT2D eigenvalue weighted by atomic mass is 10.2. The number of benzene rings is 1. The molecule has 0 radical (unpaired) electrons. The first-order valence-electron chi connectivity index (χ1n) is 4.80. The van der Waals surface area contributed by atoms with Gasteiger partial charge in [-0.05, 0) is 19.1 Å². The number of ether oxygens (including phenoxy) is 1. The lowest BCUT2D eigenvalue weighted by molar-refractivity contribution is -0.118. The highest BCUT2D eigenvalue weighted by Crippen LogP contribution is 2.11. The summed E-state index contributed by atoms with van der Waals surface area (Å²) in [5.41, 5.74) is 1.17. The predicted octanol–water partition coefficient (Wildman–Crippen LogP) is 2.25. The van der Waals surface area contributed by atoms with Gasteiger partial charge in [0.05, 0.1) is 19.1 Å². The number of ketones is 1.